The lowest BCUT2D eigenvalue weighted by atomic mass is 10.0. The third kappa shape index (κ3) is 12.8. The molecule has 0 bridgehead atoms. The van der Waals surface area contributed by atoms with Gasteiger partial charge in [-0.3, -0.25) is 19.6 Å². The van der Waals surface area contributed by atoms with Crippen LogP contribution < -0.4 is 21.2 Å². The van der Waals surface area contributed by atoms with Crippen LogP contribution in [0.4, 0.5) is 20.4 Å². The van der Waals surface area contributed by atoms with Gasteiger partial charge in [0.15, 0.2) is 11.3 Å². The summed E-state index contributed by atoms with van der Waals surface area (Å²) in [6, 6.07) is 13.7. The Bertz CT molecular complexity index is 3920. The minimum Gasteiger partial charge on any atom is -0.353 e. The third-order valence-corrected chi connectivity index (χ3v) is 16.1. The molecule has 0 radical (unpaired) electrons. The topological polar surface area (TPSA) is 191 Å². The molecule has 83 heavy (non-hydrogen) atoms. The van der Waals surface area contributed by atoms with Crippen LogP contribution in [0.2, 0.25) is 0 Å². The molecule has 0 spiro atoms. The van der Waals surface area contributed by atoms with E-state index in [1.165, 1.54) is 50.9 Å². The Morgan fingerprint density at radius 1 is 0.651 bits per heavy atom. The maximum Gasteiger partial charge on any atom is 0.355 e. The molecule has 17 nitrogen and oxygen atoms in total. The fourth-order valence-corrected chi connectivity index (χ4v) is 11.6. The van der Waals surface area contributed by atoms with Gasteiger partial charge in [0, 0.05) is 74.2 Å². The normalized spacial score (nSPS) is 15.2. The number of thioether (sulfide) groups is 2. The molecule has 2 aliphatic rings. The number of aryl methyl sites for hydroxylation is 2. The van der Waals surface area contributed by atoms with Crippen LogP contribution in [0.5, 0.6) is 0 Å². The lowest BCUT2D eigenvalue weighted by molar-refractivity contribution is -0.126. The van der Waals surface area contributed by atoms with E-state index >= 15 is 8.78 Å². The zero-order valence-electron chi connectivity index (χ0n) is 48.2. The van der Waals surface area contributed by atoms with Crippen molar-refractivity contribution in [3.05, 3.63) is 154 Å². The largest absolute Gasteiger partial charge is 0.355 e. The van der Waals surface area contributed by atoms with Crippen molar-refractivity contribution in [3.63, 3.8) is 0 Å². The van der Waals surface area contributed by atoms with Crippen molar-refractivity contribution >= 4 is 80.0 Å². The highest BCUT2D eigenvalue weighted by molar-refractivity contribution is 7.98. The van der Waals surface area contributed by atoms with E-state index in [9.17, 15) is 19.2 Å². The monoisotopic (exact) mass is 1180 g/mol. The number of pyridine rings is 6. The molecule has 0 aromatic carbocycles. The molecule has 1 amide bonds. The summed E-state index contributed by atoms with van der Waals surface area (Å²) in [5, 5.41) is 1.70. The van der Waals surface area contributed by atoms with Crippen LogP contribution >= 0.6 is 35.1 Å². The first kappa shape index (κ1) is 61.3. The molecule has 0 N–H and O–H groups in total. The molecular weight excluding hydrogens is 1120 g/mol. The van der Waals surface area contributed by atoms with E-state index in [1.54, 1.807) is 47.9 Å². The number of hydrogen-bond donors (Lipinski definition) is 0. The SMILES string of the molecule is C=CC(=O)Cl.C=CC(=O)N1CCN(c2nc(=O)n(-c3c(C)ccnc3C(C)C)c3nc(-c4cccnc4SC)c(F)cc23)[C@@H](C)C1.CSc1ncccc1-c1nc2c(cc1F)c(N1CCCC[C@@H]1C)nc(=O)n2-c1c(C)ccnc1C(C)C. The summed E-state index contributed by atoms with van der Waals surface area (Å²) in [6.45, 7) is 24.7. The summed E-state index contributed by atoms with van der Waals surface area (Å²) in [6.07, 6.45) is 16.0. The van der Waals surface area contributed by atoms with Crippen molar-refractivity contribution in [1.29, 1.82) is 0 Å². The summed E-state index contributed by atoms with van der Waals surface area (Å²) >= 11 is 7.52. The van der Waals surface area contributed by atoms with Gasteiger partial charge in [0.25, 0.3) is 0 Å². The number of fused-ring (bicyclic) bond motifs is 2. The van der Waals surface area contributed by atoms with E-state index in [2.05, 4.69) is 54.9 Å². The zero-order chi connectivity index (χ0) is 60.0. The number of nitrogens with zero attached hydrogens (tertiary/aromatic N) is 13. The van der Waals surface area contributed by atoms with E-state index in [4.69, 9.17) is 21.6 Å². The average Bonchev–Trinajstić information content (AvgIpc) is 1.85. The lowest BCUT2D eigenvalue weighted by Gasteiger charge is -2.40. The number of rotatable bonds is 12. The quantitative estimate of drug-likeness (QED) is 0.0637. The second-order valence-electron chi connectivity index (χ2n) is 20.7. The highest BCUT2D eigenvalue weighted by atomic mass is 35.5. The number of allylic oxidation sites excluding steroid dienone is 1. The van der Waals surface area contributed by atoms with Crippen LogP contribution in [0.3, 0.4) is 0 Å². The number of anilines is 2. The number of piperazine rings is 1. The van der Waals surface area contributed by atoms with Gasteiger partial charge in [-0.05, 0) is 155 Å². The van der Waals surface area contributed by atoms with Crippen LogP contribution in [0, 0.1) is 25.5 Å². The Morgan fingerprint density at radius 3 is 1.51 bits per heavy atom. The molecule has 8 aromatic rings. The van der Waals surface area contributed by atoms with Crippen LogP contribution in [0.15, 0.2) is 118 Å². The Labute approximate surface area is 494 Å². The Balaban J connectivity index is 0.000000201. The molecule has 10 rings (SSSR count). The maximum atomic E-state index is 16.0. The standard InChI is InChI=1S/C30H32FN7O2S.C28H31FN6OS.C3H3ClO/c1-7-23(39)36-13-14-37(19(5)16-36)27-21-15-22(31)25(20-9-8-11-33-29(20)41-6)34-28(21)38(30(40)35-27)26-18(4)10-12-32-24(26)17(2)3;1-16(2)22-24(17(3)11-13-30-22)35-26-20(25(33-28(35)36)34-14-7-6-9-18(34)4)15-21(29)23(32-26)19-10-8-12-31-27(19)37-5;1-2-3(4)5/h7-12,15,17,19H,1,13-14,16H2,2-6H3;8,10-13,15-16,18H,6-7,9,14H2,1-5H3;2H,1H2/t19-;18-;/m00./s1. The van der Waals surface area contributed by atoms with Gasteiger partial charge in [-0.25, -0.2) is 47.4 Å². The molecule has 2 fully saturated rings. The Kier molecular flexibility index (Phi) is 19.7. The minimum atomic E-state index is -0.547. The summed E-state index contributed by atoms with van der Waals surface area (Å²) in [4.78, 5) is 92.0. The summed E-state index contributed by atoms with van der Waals surface area (Å²) in [5.41, 5.74) is 5.48. The number of amides is 1. The fraction of sp³-hybridized carbons (Fsp3) is 0.344. The highest BCUT2D eigenvalue weighted by Gasteiger charge is 2.32. The van der Waals surface area contributed by atoms with Gasteiger partial charge in [-0.15, -0.1) is 23.5 Å². The Hall–Kier alpha value is -7.75. The molecule has 8 aromatic heterocycles. The first-order valence-electron chi connectivity index (χ1n) is 27.2. The van der Waals surface area contributed by atoms with E-state index in [0.29, 0.717) is 85.9 Å². The lowest BCUT2D eigenvalue weighted by Crippen LogP contribution is -2.54. The number of carbonyl (C=O) groups excluding carboxylic acids is 2. The molecule has 10 heterocycles. The second kappa shape index (κ2) is 26.7. The van der Waals surface area contributed by atoms with Gasteiger partial charge in [0.2, 0.25) is 11.1 Å². The van der Waals surface area contributed by atoms with Crippen molar-refractivity contribution < 1.29 is 18.4 Å². The minimum absolute atomic E-state index is 0.00311. The molecule has 0 aliphatic carbocycles. The maximum absolute atomic E-state index is 16.0. The third-order valence-electron chi connectivity index (χ3n) is 14.5. The second-order valence-corrected chi connectivity index (χ2v) is 22.7. The number of hydrogen-bond acceptors (Lipinski definition) is 16. The molecule has 22 heteroatoms. The van der Waals surface area contributed by atoms with E-state index in [1.807, 2.05) is 84.1 Å². The number of piperidine rings is 1. The smallest absolute Gasteiger partial charge is 0.353 e. The predicted molar refractivity (Wildman–Crippen MR) is 329 cm³/mol. The molecule has 432 valence electrons. The zero-order valence-corrected chi connectivity index (χ0v) is 50.5. The van der Waals surface area contributed by atoms with Crippen molar-refractivity contribution in [2.24, 2.45) is 0 Å². The van der Waals surface area contributed by atoms with Gasteiger partial charge in [0.05, 0.1) is 33.5 Å². The average molecular weight is 1180 g/mol. The van der Waals surface area contributed by atoms with Crippen molar-refractivity contribution in [3.8, 4) is 33.9 Å². The summed E-state index contributed by atoms with van der Waals surface area (Å²) < 4.78 is 34.8. The van der Waals surface area contributed by atoms with Crippen LogP contribution in [-0.4, -0.2) is 116 Å². The highest BCUT2D eigenvalue weighted by Crippen LogP contribution is 2.38. The number of aromatic nitrogens is 10. The molecule has 0 saturated carbocycles. The number of carbonyl (C=O) groups is 2. The molecular formula is C61H66ClF2N13O4S2. The van der Waals surface area contributed by atoms with E-state index in [-0.39, 0.29) is 46.9 Å². The first-order valence-corrected chi connectivity index (χ1v) is 30.0. The van der Waals surface area contributed by atoms with Crippen LogP contribution in [-0.2, 0) is 9.59 Å². The van der Waals surface area contributed by atoms with Crippen LogP contribution in [0.25, 0.3) is 56.0 Å². The van der Waals surface area contributed by atoms with Gasteiger partial charge in [-0.1, -0.05) is 40.9 Å². The van der Waals surface area contributed by atoms with Gasteiger partial charge >= 0.3 is 11.4 Å². The van der Waals surface area contributed by atoms with Crippen molar-refractivity contribution in [2.75, 3.05) is 48.5 Å². The predicted octanol–water partition coefficient (Wildman–Crippen LogP) is 11.6. The van der Waals surface area contributed by atoms with Gasteiger partial charge < -0.3 is 14.7 Å². The summed E-state index contributed by atoms with van der Waals surface area (Å²) in [5.74, 6) is -0.290. The molecule has 2 saturated heterocycles. The van der Waals surface area contributed by atoms with Gasteiger partial charge in [0.1, 0.15) is 44.7 Å². The number of halogens is 3. The van der Waals surface area contributed by atoms with Crippen molar-refractivity contribution in [1.82, 2.24) is 53.9 Å². The van der Waals surface area contributed by atoms with Crippen molar-refractivity contribution in [2.45, 2.75) is 109 Å². The fourth-order valence-electron chi connectivity index (χ4n) is 10.5. The van der Waals surface area contributed by atoms with E-state index < -0.39 is 28.3 Å². The van der Waals surface area contributed by atoms with Crippen LogP contribution in [0.1, 0.15) is 95.2 Å². The summed E-state index contributed by atoms with van der Waals surface area (Å²) in [7, 11) is 0. The van der Waals surface area contributed by atoms with E-state index in [0.717, 1.165) is 48.7 Å². The molecule has 2 atom stereocenters. The molecule has 0 unspecified atom stereocenters. The molecule has 2 aliphatic heterocycles. The Morgan fingerprint density at radius 2 is 1.11 bits per heavy atom. The van der Waals surface area contributed by atoms with Gasteiger partial charge in [-0.2, -0.15) is 9.97 Å². The first-order chi connectivity index (χ1) is 39.7.